The molecule has 2 aromatic carbocycles. The van der Waals surface area contributed by atoms with Gasteiger partial charge in [-0.3, -0.25) is 0 Å². The molecule has 0 heterocycles. The third kappa shape index (κ3) is 3.81. The molecule has 0 saturated carbocycles. The van der Waals surface area contributed by atoms with Gasteiger partial charge in [-0.1, -0.05) is 35.3 Å². The van der Waals surface area contributed by atoms with Crippen LogP contribution in [0.2, 0.25) is 10.0 Å². The lowest BCUT2D eigenvalue weighted by Crippen LogP contribution is -2.04. The van der Waals surface area contributed by atoms with Crippen molar-refractivity contribution in [2.75, 3.05) is 0 Å². The van der Waals surface area contributed by atoms with Crippen LogP contribution in [0.15, 0.2) is 36.4 Å². The molecule has 5 heteroatoms. The van der Waals surface area contributed by atoms with Crippen molar-refractivity contribution in [1.82, 2.24) is 0 Å². The standard InChI is InChI=1S/C14H10Cl2FIO/c15-9-2-1-8(12(16)6-9)5-14(19)11-4-3-10(17)7-13(11)18/h1-4,6-7,14,19H,5H2. The summed E-state index contributed by atoms with van der Waals surface area (Å²) in [5, 5.41) is 11.3. The van der Waals surface area contributed by atoms with E-state index in [2.05, 4.69) is 0 Å². The van der Waals surface area contributed by atoms with Crippen LogP contribution in [0.5, 0.6) is 0 Å². The lowest BCUT2D eigenvalue weighted by atomic mass is 10.0. The predicted molar refractivity (Wildman–Crippen MR) is 84.2 cm³/mol. The van der Waals surface area contributed by atoms with Crippen molar-refractivity contribution >= 4 is 45.8 Å². The van der Waals surface area contributed by atoms with Crippen molar-refractivity contribution in [2.45, 2.75) is 12.5 Å². The summed E-state index contributed by atoms with van der Waals surface area (Å²) in [4.78, 5) is 0. The van der Waals surface area contributed by atoms with Crippen LogP contribution in [0.1, 0.15) is 17.2 Å². The molecule has 0 fully saturated rings. The van der Waals surface area contributed by atoms with E-state index in [9.17, 15) is 9.50 Å². The van der Waals surface area contributed by atoms with Gasteiger partial charge in [0, 0.05) is 20.0 Å². The van der Waals surface area contributed by atoms with E-state index in [1.165, 1.54) is 12.1 Å². The molecular weight excluding hydrogens is 401 g/mol. The number of aliphatic hydroxyl groups excluding tert-OH is 1. The molecule has 0 radical (unpaired) electrons. The Morgan fingerprint density at radius 1 is 1.16 bits per heavy atom. The highest BCUT2D eigenvalue weighted by molar-refractivity contribution is 14.1. The van der Waals surface area contributed by atoms with E-state index >= 15 is 0 Å². The van der Waals surface area contributed by atoms with Gasteiger partial charge in [0.05, 0.1) is 6.10 Å². The first-order chi connectivity index (χ1) is 8.97. The maximum atomic E-state index is 13.0. The maximum absolute atomic E-state index is 13.0. The van der Waals surface area contributed by atoms with Crippen molar-refractivity contribution in [3.63, 3.8) is 0 Å². The zero-order chi connectivity index (χ0) is 14.0. The molecule has 0 spiro atoms. The van der Waals surface area contributed by atoms with Crippen molar-refractivity contribution < 1.29 is 9.50 Å². The van der Waals surface area contributed by atoms with Gasteiger partial charge in [0.1, 0.15) is 5.82 Å². The molecule has 0 saturated heterocycles. The zero-order valence-electron chi connectivity index (χ0n) is 9.71. The van der Waals surface area contributed by atoms with Gasteiger partial charge in [0.2, 0.25) is 0 Å². The normalized spacial score (nSPS) is 12.5. The van der Waals surface area contributed by atoms with E-state index in [1.807, 2.05) is 22.6 Å². The fourth-order valence-electron chi connectivity index (χ4n) is 1.78. The SMILES string of the molecule is OC(Cc1ccc(Cl)cc1Cl)c1ccc(F)cc1I. The lowest BCUT2D eigenvalue weighted by molar-refractivity contribution is 0.177. The van der Waals surface area contributed by atoms with Gasteiger partial charge in [0.15, 0.2) is 0 Å². The Bertz CT molecular complexity index is 604. The Hall–Kier alpha value is -0.360. The molecule has 2 rings (SSSR count). The molecule has 1 unspecified atom stereocenters. The van der Waals surface area contributed by atoms with E-state index in [0.717, 1.165) is 5.56 Å². The van der Waals surface area contributed by atoms with Crippen molar-refractivity contribution in [3.8, 4) is 0 Å². The highest BCUT2D eigenvalue weighted by Gasteiger charge is 2.14. The summed E-state index contributed by atoms with van der Waals surface area (Å²) >= 11 is 13.9. The second-order valence-corrected chi connectivity index (χ2v) is 6.13. The van der Waals surface area contributed by atoms with E-state index in [-0.39, 0.29) is 5.82 Å². The van der Waals surface area contributed by atoms with Crippen molar-refractivity contribution in [1.29, 1.82) is 0 Å². The smallest absolute Gasteiger partial charge is 0.124 e. The number of rotatable bonds is 3. The maximum Gasteiger partial charge on any atom is 0.124 e. The molecular formula is C14H10Cl2FIO. The van der Waals surface area contributed by atoms with Crippen molar-refractivity contribution in [2.24, 2.45) is 0 Å². The monoisotopic (exact) mass is 410 g/mol. The Morgan fingerprint density at radius 2 is 1.89 bits per heavy atom. The quantitative estimate of drug-likeness (QED) is 0.705. The lowest BCUT2D eigenvalue weighted by Gasteiger charge is -2.14. The fourth-order valence-corrected chi connectivity index (χ4v) is 3.10. The second-order valence-electron chi connectivity index (χ2n) is 4.12. The zero-order valence-corrected chi connectivity index (χ0v) is 13.4. The molecule has 0 aliphatic rings. The molecule has 0 amide bonds. The van der Waals surface area contributed by atoms with E-state index in [1.54, 1.807) is 24.3 Å². The Labute approximate surface area is 134 Å². The van der Waals surface area contributed by atoms with Crippen LogP contribution >= 0.6 is 45.8 Å². The van der Waals surface area contributed by atoms with Crippen LogP contribution in [0, 0.1) is 9.39 Å². The third-order valence-corrected chi connectivity index (χ3v) is 4.27. The van der Waals surface area contributed by atoms with E-state index in [0.29, 0.717) is 25.6 Å². The summed E-state index contributed by atoms with van der Waals surface area (Å²) in [7, 11) is 0. The van der Waals surface area contributed by atoms with Crippen LogP contribution in [0.4, 0.5) is 4.39 Å². The predicted octanol–water partition coefficient (Wildman–Crippen LogP) is 5.01. The van der Waals surface area contributed by atoms with Gasteiger partial charge in [-0.05, 0) is 58.0 Å². The highest BCUT2D eigenvalue weighted by Crippen LogP contribution is 2.28. The van der Waals surface area contributed by atoms with Crippen LogP contribution in [-0.4, -0.2) is 5.11 Å². The van der Waals surface area contributed by atoms with Gasteiger partial charge < -0.3 is 5.11 Å². The second kappa shape index (κ2) is 6.39. The minimum absolute atomic E-state index is 0.315. The first-order valence-electron chi connectivity index (χ1n) is 5.54. The van der Waals surface area contributed by atoms with Gasteiger partial charge >= 0.3 is 0 Å². The Morgan fingerprint density at radius 3 is 2.53 bits per heavy atom. The van der Waals surface area contributed by atoms with Crippen LogP contribution < -0.4 is 0 Å². The Kier molecular flexibility index (Phi) is 5.06. The average Bonchev–Trinajstić information content (AvgIpc) is 2.32. The molecule has 100 valence electrons. The number of aliphatic hydroxyl groups is 1. The molecule has 1 N–H and O–H groups in total. The molecule has 0 aliphatic carbocycles. The number of halogens is 4. The molecule has 0 aromatic heterocycles. The van der Waals surface area contributed by atoms with Gasteiger partial charge in [-0.2, -0.15) is 0 Å². The topological polar surface area (TPSA) is 20.2 Å². The van der Waals surface area contributed by atoms with Crippen molar-refractivity contribution in [3.05, 3.63) is 67.0 Å². The summed E-state index contributed by atoms with van der Waals surface area (Å²) in [6, 6.07) is 9.47. The highest BCUT2D eigenvalue weighted by atomic mass is 127. The minimum Gasteiger partial charge on any atom is -0.388 e. The third-order valence-electron chi connectivity index (χ3n) is 2.75. The Balaban J connectivity index is 2.23. The molecule has 0 bridgehead atoms. The molecule has 19 heavy (non-hydrogen) atoms. The van der Waals surface area contributed by atoms with Gasteiger partial charge in [-0.15, -0.1) is 0 Å². The van der Waals surface area contributed by atoms with Crippen LogP contribution in [0.25, 0.3) is 0 Å². The molecule has 2 aromatic rings. The van der Waals surface area contributed by atoms with E-state index in [4.69, 9.17) is 23.2 Å². The first kappa shape index (κ1) is 15.0. The van der Waals surface area contributed by atoms with Gasteiger partial charge in [0.25, 0.3) is 0 Å². The summed E-state index contributed by atoms with van der Waals surface area (Å²) < 4.78 is 13.7. The average molecular weight is 411 g/mol. The fraction of sp³-hybridized carbons (Fsp3) is 0.143. The summed E-state index contributed by atoms with van der Waals surface area (Å²) in [6.07, 6.45) is -0.372. The largest absolute Gasteiger partial charge is 0.388 e. The number of hydrogen-bond donors (Lipinski definition) is 1. The number of benzene rings is 2. The minimum atomic E-state index is -0.730. The van der Waals surface area contributed by atoms with Crippen LogP contribution in [-0.2, 0) is 6.42 Å². The molecule has 0 aliphatic heterocycles. The molecule has 1 nitrogen and oxygen atoms in total. The summed E-state index contributed by atoms with van der Waals surface area (Å²) in [6.45, 7) is 0. The molecule has 1 atom stereocenters. The van der Waals surface area contributed by atoms with Gasteiger partial charge in [-0.25, -0.2) is 4.39 Å². The summed E-state index contributed by atoms with van der Waals surface area (Å²) in [5.74, 6) is -0.315. The number of hydrogen-bond acceptors (Lipinski definition) is 1. The van der Waals surface area contributed by atoms with E-state index < -0.39 is 6.10 Å². The first-order valence-corrected chi connectivity index (χ1v) is 7.38. The summed E-state index contributed by atoms with van der Waals surface area (Å²) in [5.41, 5.74) is 1.49. The van der Waals surface area contributed by atoms with Crippen LogP contribution in [0.3, 0.4) is 0 Å².